The highest BCUT2D eigenvalue weighted by Gasteiger charge is 2.17. The molecule has 0 heterocycles. The second-order valence-electron chi connectivity index (χ2n) is 6.62. The lowest BCUT2D eigenvalue weighted by Crippen LogP contribution is -2.17. The highest BCUT2D eigenvalue weighted by molar-refractivity contribution is 5.95. The zero-order chi connectivity index (χ0) is 23.6. The summed E-state index contributed by atoms with van der Waals surface area (Å²) in [5, 5.41) is 12.8. The van der Waals surface area contributed by atoms with Gasteiger partial charge in [0.1, 0.15) is 11.3 Å². The fourth-order valence-corrected chi connectivity index (χ4v) is 2.85. The number of hydrogen-bond acceptors (Lipinski definition) is 7. The van der Waals surface area contributed by atoms with E-state index in [-0.39, 0.29) is 5.75 Å². The van der Waals surface area contributed by atoms with Gasteiger partial charge in [0.15, 0.2) is 11.5 Å². The maximum Gasteiger partial charge on any atom is 0.347 e. The van der Waals surface area contributed by atoms with Gasteiger partial charge in [-0.25, -0.2) is 10.2 Å². The molecule has 3 aromatic rings. The molecule has 1 amide bonds. The second-order valence-corrected chi connectivity index (χ2v) is 6.62. The minimum atomic E-state index is -0.579. The Hall–Kier alpha value is -4.64. The Kier molecular flexibility index (Phi) is 7.76. The van der Waals surface area contributed by atoms with Gasteiger partial charge >= 0.3 is 5.97 Å². The number of hydrazone groups is 1. The van der Waals surface area contributed by atoms with E-state index in [1.165, 1.54) is 13.3 Å². The lowest BCUT2D eigenvalue weighted by atomic mass is 10.1. The van der Waals surface area contributed by atoms with E-state index in [9.17, 15) is 9.59 Å². The summed E-state index contributed by atoms with van der Waals surface area (Å²) in [7, 11) is 1.48. The quantitative estimate of drug-likeness (QED) is 0.244. The van der Waals surface area contributed by atoms with Gasteiger partial charge in [-0.2, -0.15) is 10.4 Å². The largest absolute Gasteiger partial charge is 0.496 e. The Balaban J connectivity index is 1.71. The Morgan fingerprint density at radius 2 is 1.79 bits per heavy atom. The summed E-state index contributed by atoms with van der Waals surface area (Å²) in [5.74, 6) is 0.00416. The first-order chi connectivity index (χ1) is 16.0. The van der Waals surface area contributed by atoms with E-state index in [0.29, 0.717) is 40.4 Å². The minimum Gasteiger partial charge on any atom is -0.496 e. The Bertz CT molecular complexity index is 1210. The van der Waals surface area contributed by atoms with E-state index < -0.39 is 11.9 Å². The molecule has 1 N–H and O–H groups in total. The maximum absolute atomic E-state index is 12.6. The number of benzene rings is 3. The van der Waals surface area contributed by atoms with Crippen LogP contribution in [0.2, 0.25) is 0 Å². The van der Waals surface area contributed by atoms with E-state index in [0.717, 1.165) is 0 Å². The Labute approximate surface area is 191 Å². The minimum absolute atomic E-state index is 0.242. The molecule has 8 nitrogen and oxygen atoms in total. The van der Waals surface area contributed by atoms with Crippen LogP contribution in [-0.4, -0.2) is 31.8 Å². The SMILES string of the molecule is CCOc1cc(/C=N/NC(=O)c2ccc(C#N)cc2)ccc1OC(=O)c1ccccc1OC. The standard InChI is InChI=1S/C25H21N3O5/c1-3-32-23-14-18(16-27-28-24(29)19-11-8-17(15-26)9-12-19)10-13-22(23)33-25(30)20-6-4-5-7-21(20)31-2/h4-14,16H,3H2,1-2H3,(H,28,29)/b27-16+. The van der Waals surface area contributed by atoms with Crippen molar-refractivity contribution in [2.75, 3.05) is 13.7 Å². The van der Waals surface area contributed by atoms with Crippen LogP contribution in [0.4, 0.5) is 0 Å². The molecule has 8 heteroatoms. The van der Waals surface area contributed by atoms with Crippen molar-refractivity contribution in [3.05, 3.63) is 89.0 Å². The number of ether oxygens (including phenoxy) is 3. The van der Waals surface area contributed by atoms with Gasteiger partial charge in [0.25, 0.3) is 5.91 Å². The molecule has 3 rings (SSSR count). The molecule has 3 aromatic carbocycles. The molecule has 33 heavy (non-hydrogen) atoms. The normalized spacial score (nSPS) is 10.3. The third kappa shape index (κ3) is 5.95. The van der Waals surface area contributed by atoms with Gasteiger partial charge in [0.05, 0.1) is 31.6 Å². The summed E-state index contributed by atoms with van der Waals surface area (Å²) < 4.78 is 16.3. The lowest BCUT2D eigenvalue weighted by molar-refractivity contribution is 0.0724. The first kappa shape index (κ1) is 23.0. The zero-order valence-electron chi connectivity index (χ0n) is 18.1. The number of amides is 1. The lowest BCUT2D eigenvalue weighted by Gasteiger charge is -2.12. The molecule has 0 aromatic heterocycles. The molecule has 0 aliphatic rings. The number of esters is 1. The van der Waals surface area contributed by atoms with Crippen LogP contribution in [0.3, 0.4) is 0 Å². The molecule has 0 radical (unpaired) electrons. The first-order valence-corrected chi connectivity index (χ1v) is 10.0. The number of hydrogen-bond donors (Lipinski definition) is 1. The van der Waals surface area contributed by atoms with Crippen LogP contribution in [0, 0.1) is 11.3 Å². The number of rotatable bonds is 8. The molecular weight excluding hydrogens is 422 g/mol. The average Bonchev–Trinajstić information content (AvgIpc) is 2.85. The molecule has 0 spiro atoms. The van der Waals surface area contributed by atoms with Crippen molar-refractivity contribution < 1.29 is 23.8 Å². The van der Waals surface area contributed by atoms with Gasteiger partial charge in [-0.3, -0.25) is 4.79 Å². The monoisotopic (exact) mass is 443 g/mol. The molecule has 166 valence electrons. The molecule has 0 aliphatic carbocycles. The van der Waals surface area contributed by atoms with Crippen molar-refractivity contribution in [3.63, 3.8) is 0 Å². The molecule has 0 saturated heterocycles. The molecule has 0 saturated carbocycles. The number of methoxy groups -OCH3 is 1. The van der Waals surface area contributed by atoms with E-state index in [2.05, 4.69) is 10.5 Å². The van der Waals surface area contributed by atoms with Crippen molar-refractivity contribution >= 4 is 18.1 Å². The smallest absolute Gasteiger partial charge is 0.347 e. The first-order valence-electron chi connectivity index (χ1n) is 10.0. The third-order valence-electron chi connectivity index (χ3n) is 4.45. The number of carbonyl (C=O) groups excluding carboxylic acids is 2. The predicted octanol–water partition coefficient (Wildman–Crippen LogP) is 3.95. The maximum atomic E-state index is 12.6. The number of para-hydroxylation sites is 1. The van der Waals surface area contributed by atoms with Crippen molar-refractivity contribution in [2.45, 2.75) is 6.92 Å². The van der Waals surface area contributed by atoms with Gasteiger partial charge in [0.2, 0.25) is 0 Å². The molecular formula is C25H21N3O5. The fourth-order valence-electron chi connectivity index (χ4n) is 2.85. The van der Waals surface area contributed by atoms with Crippen LogP contribution in [0.1, 0.15) is 38.8 Å². The highest BCUT2D eigenvalue weighted by atomic mass is 16.6. The predicted molar refractivity (Wildman–Crippen MR) is 122 cm³/mol. The van der Waals surface area contributed by atoms with Gasteiger partial charge in [-0.05, 0) is 67.1 Å². The van der Waals surface area contributed by atoms with Crippen LogP contribution in [-0.2, 0) is 0 Å². The third-order valence-corrected chi connectivity index (χ3v) is 4.45. The van der Waals surface area contributed by atoms with Crippen molar-refractivity contribution in [3.8, 4) is 23.3 Å². The fraction of sp³-hybridized carbons (Fsp3) is 0.120. The molecule has 0 unspecified atom stereocenters. The zero-order valence-corrected chi connectivity index (χ0v) is 18.1. The van der Waals surface area contributed by atoms with Gasteiger partial charge in [-0.1, -0.05) is 12.1 Å². The van der Waals surface area contributed by atoms with E-state index in [1.807, 2.05) is 13.0 Å². The van der Waals surface area contributed by atoms with Gasteiger partial charge in [-0.15, -0.1) is 0 Å². The van der Waals surface area contributed by atoms with Crippen molar-refractivity contribution in [2.24, 2.45) is 5.10 Å². The Morgan fingerprint density at radius 3 is 2.48 bits per heavy atom. The number of nitriles is 1. The Morgan fingerprint density at radius 1 is 1.03 bits per heavy atom. The average molecular weight is 443 g/mol. The summed E-state index contributed by atoms with van der Waals surface area (Å²) in [6.07, 6.45) is 1.44. The van der Waals surface area contributed by atoms with E-state index in [4.69, 9.17) is 19.5 Å². The topological polar surface area (TPSA) is 110 Å². The summed E-state index contributed by atoms with van der Waals surface area (Å²) in [6, 6.07) is 19.8. The molecule has 0 aliphatic heterocycles. The van der Waals surface area contributed by atoms with Crippen LogP contribution in [0.5, 0.6) is 17.2 Å². The van der Waals surface area contributed by atoms with Gasteiger partial charge < -0.3 is 14.2 Å². The molecule has 0 fully saturated rings. The summed E-state index contributed by atoms with van der Waals surface area (Å²) in [5.41, 5.74) is 4.17. The van der Waals surface area contributed by atoms with Crippen LogP contribution < -0.4 is 19.6 Å². The van der Waals surface area contributed by atoms with Crippen LogP contribution in [0.15, 0.2) is 71.8 Å². The summed E-state index contributed by atoms with van der Waals surface area (Å²) >= 11 is 0. The molecule has 0 atom stereocenters. The van der Waals surface area contributed by atoms with Crippen LogP contribution in [0.25, 0.3) is 0 Å². The summed E-state index contributed by atoms with van der Waals surface area (Å²) in [4.78, 5) is 24.8. The summed E-state index contributed by atoms with van der Waals surface area (Å²) in [6.45, 7) is 2.17. The van der Waals surface area contributed by atoms with Crippen LogP contribution >= 0.6 is 0 Å². The van der Waals surface area contributed by atoms with Crippen molar-refractivity contribution in [1.82, 2.24) is 5.43 Å². The second kappa shape index (κ2) is 11.1. The van der Waals surface area contributed by atoms with E-state index >= 15 is 0 Å². The number of nitrogens with zero attached hydrogens (tertiary/aromatic N) is 2. The number of carbonyl (C=O) groups is 2. The van der Waals surface area contributed by atoms with Crippen molar-refractivity contribution in [1.29, 1.82) is 5.26 Å². The molecule has 0 bridgehead atoms. The highest BCUT2D eigenvalue weighted by Crippen LogP contribution is 2.30. The van der Waals surface area contributed by atoms with Gasteiger partial charge in [0, 0.05) is 5.56 Å². The van der Waals surface area contributed by atoms with E-state index in [1.54, 1.807) is 66.7 Å². The number of nitrogens with one attached hydrogen (secondary N) is 1.